The Morgan fingerprint density at radius 3 is 2.71 bits per heavy atom. The summed E-state index contributed by atoms with van der Waals surface area (Å²) >= 11 is 0. The lowest BCUT2D eigenvalue weighted by atomic mass is 10.1. The van der Waals surface area contributed by atoms with Gasteiger partial charge in [-0.3, -0.25) is 19.3 Å². The van der Waals surface area contributed by atoms with Gasteiger partial charge in [-0.15, -0.1) is 0 Å². The summed E-state index contributed by atoms with van der Waals surface area (Å²) in [5.41, 5.74) is 2.32. The van der Waals surface area contributed by atoms with Gasteiger partial charge in [0.25, 0.3) is 0 Å². The van der Waals surface area contributed by atoms with E-state index < -0.39 is 0 Å². The first-order valence-corrected chi connectivity index (χ1v) is 8.30. The molecule has 2 N–H and O–H groups in total. The Kier molecular flexibility index (Phi) is 4.93. The summed E-state index contributed by atoms with van der Waals surface area (Å²) in [6.07, 6.45) is 4.60. The Labute approximate surface area is 140 Å². The molecular formula is C18H21N3O3. The van der Waals surface area contributed by atoms with E-state index in [1.54, 1.807) is 0 Å². The van der Waals surface area contributed by atoms with Gasteiger partial charge >= 0.3 is 0 Å². The van der Waals surface area contributed by atoms with Gasteiger partial charge in [0.2, 0.25) is 17.7 Å². The number of amides is 3. The Hall–Kier alpha value is -2.63. The average molecular weight is 327 g/mol. The molecule has 0 bridgehead atoms. The normalized spacial score (nSPS) is 14.6. The molecule has 0 unspecified atom stereocenters. The van der Waals surface area contributed by atoms with Crippen molar-refractivity contribution in [2.24, 2.45) is 0 Å². The van der Waals surface area contributed by atoms with Crippen molar-refractivity contribution in [2.45, 2.75) is 32.1 Å². The zero-order valence-electron chi connectivity index (χ0n) is 13.5. The topological polar surface area (TPSA) is 82.3 Å². The summed E-state index contributed by atoms with van der Waals surface area (Å²) in [7, 11) is 0. The van der Waals surface area contributed by atoms with Gasteiger partial charge in [-0.2, -0.15) is 0 Å². The third-order valence-corrected chi connectivity index (χ3v) is 4.34. The number of aromatic amines is 1. The van der Waals surface area contributed by atoms with Crippen LogP contribution in [0.5, 0.6) is 0 Å². The lowest BCUT2D eigenvalue weighted by molar-refractivity contribution is -0.138. The van der Waals surface area contributed by atoms with Crippen LogP contribution in [-0.4, -0.2) is 40.7 Å². The predicted molar refractivity (Wildman–Crippen MR) is 90.2 cm³/mol. The number of benzene rings is 1. The number of H-pyrrole nitrogens is 1. The van der Waals surface area contributed by atoms with Crippen LogP contribution in [0.25, 0.3) is 10.9 Å². The number of para-hydroxylation sites is 1. The van der Waals surface area contributed by atoms with Crippen LogP contribution in [0, 0.1) is 0 Å². The lowest BCUT2D eigenvalue weighted by Gasteiger charge is -2.13. The fourth-order valence-corrected chi connectivity index (χ4v) is 3.05. The Balaban J connectivity index is 1.38. The monoisotopic (exact) mass is 327 g/mol. The van der Waals surface area contributed by atoms with Crippen LogP contribution >= 0.6 is 0 Å². The van der Waals surface area contributed by atoms with Crippen molar-refractivity contribution in [3.63, 3.8) is 0 Å². The van der Waals surface area contributed by atoms with E-state index in [4.69, 9.17) is 0 Å². The maximum Gasteiger partial charge on any atom is 0.229 e. The second kappa shape index (κ2) is 7.29. The highest BCUT2D eigenvalue weighted by molar-refractivity contribution is 6.01. The van der Waals surface area contributed by atoms with E-state index in [1.807, 2.05) is 24.4 Å². The molecular weight excluding hydrogens is 306 g/mol. The van der Waals surface area contributed by atoms with Gasteiger partial charge in [-0.05, 0) is 24.5 Å². The maximum absolute atomic E-state index is 11.9. The number of nitrogens with one attached hydrogen (secondary N) is 2. The zero-order valence-corrected chi connectivity index (χ0v) is 13.5. The Morgan fingerprint density at radius 2 is 1.92 bits per heavy atom. The standard InChI is InChI=1S/C18H21N3O3/c22-16(19-10-11-21-17(23)8-9-18(21)24)7-3-4-13-12-20-15-6-2-1-5-14(13)15/h1-2,5-6,12,20H,3-4,7-11H2,(H,19,22). The van der Waals surface area contributed by atoms with Crippen molar-refractivity contribution in [3.8, 4) is 0 Å². The number of imide groups is 1. The van der Waals surface area contributed by atoms with Crippen LogP contribution in [-0.2, 0) is 20.8 Å². The molecule has 2 heterocycles. The highest BCUT2D eigenvalue weighted by atomic mass is 16.2. The van der Waals surface area contributed by atoms with Crippen molar-refractivity contribution < 1.29 is 14.4 Å². The molecule has 0 saturated carbocycles. The number of carbonyl (C=O) groups excluding carboxylic acids is 3. The predicted octanol–water partition coefficient (Wildman–Crippen LogP) is 1.76. The molecule has 0 aliphatic carbocycles. The largest absolute Gasteiger partial charge is 0.361 e. The van der Waals surface area contributed by atoms with Crippen molar-refractivity contribution >= 4 is 28.6 Å². The van der Waals surface area contributed by atoms with Crippen LogP contribution in [0.3, 0.4) is 0 Å². The molecule has 2 aromatic rings. The van der Waals surface area contributed by atoms with Gasteiger partial charge in [0.15, 0.2) is 0 Å². The maximum atomic E-state index is 11.9. The highest BCUT2D eigenvalue weighted by Crippen LogP contribution is 2.19. The molecule has 1 fully saturated rings. The molecule has 6 nitrogen and oxygen atoms in total. The zero-order chi connectivity index (χ0) is 16.9. The molecule has 3 amide bonds. The second-order valence-electron chi connectivity index (χ2n) is 6.00. The minimum absolute atomic E-state index is 0.0473. The number of aryl methyl sites for hydroxylation is 1. The molecule has 3 rings (SSSR count). The third-order valence-electron chi connectivity index (χ3n) is 4.34. The first-order chi connectivity index (χ1) is 11.6. The molecule has 0 spiro atoms. The van der Waals surface area contributed by atoms with Gasteiger partial charge < -0.3 is 10.3 Å². The average Bonchev–Trinajstić information content (AvgIpc) is 3.13. The SMILES string of the molecule is O=C(CCCc1c[nH]c2ccccc12)NCCN1C(=O)CCC1=O. The number of carbonyl (C=O) groups is 3. The molecule has 0 atom stereocenters. The number of nitrogens with zero attached hydrogens (tertiary/aromatic N) is 1. The first-order valence-electron chi connectivity index (χ1n) is 8.30. The fourth-order valence-electron chi connectivity index (χ4n) is 3.05. The summed E-state index contributed by atoms with van der Waals surface area (Å²) in [4.78, 5) is 39.2. The van der Waals surface area contributed by atoms with Crippen molar-refractivity contribution in [2.75, 3.05) is 13.1 Å². The number of hydrogen-bond acceptors (Lipinski definition) is 3. The molecule has 24 heavy (non-hydrogen) atoms. The van der Waals surface area contributed by atoms with E-state index in [0.29, 0.717) is 13.0 Å². The van der Waals surface area contributed by atoms with Crippen LogP contribution in [0.15, 0.2) is 30.5 Å². The van der Waals surface area contributed by atoms with E-state index in [1.165, 1.54) is 15.8 Å². The smallest absolute Gasteiger partial charge is 0.229 e. The fraction of sp³-hybridized carbons (Fsp3) is 0.389. The molecule has 1 aromatic heterocycles. The number of aromatic nitrogens is 1. The van der Waals surface area contributed by atoms with Gasteiger partial charge in [0.05, 0.1) is 0 Å². The summed E-state index contributed by atoms with van der Waals surface area (Å²) in [5.74, 6) is -0.337. The summed E-state index contributed by atoms with van der Waals surface area (Å²) in [5, 5.41) is 3.97. The number of likely N-dealkylation sites (tertiary alicyclic amines) is 1. The van der Waals surface area contributed by atoms with E-state index in [-0.39, 0.29) is 37.1 Å². The summed E-state index contributed by atoms with van der Waals surface area (Å²) in [6, 6.07) is 8.11. The Bertz CT molecular complexity index is 750. The summed E-state index contributed by atoms with van der Waals surface area (Å²) < 4.78 is 0. The van der Waals surface area contributed by atoms with E-state index in [0.717, 1.165) is 18.4 Å². The van der Waals surface area contributed by atoms with Crippen molar-refractivity contribution in [3.05, 3.63) is 36.0 Å². The number of hydrogen-bond donors (Lipinski definition) is 2. The van der Waals surface area contributed by atoms with E-state index in [2.05, 4.69) is 16.4 Å². The Morgan fingerprint density at radius 1 is 1.17 bits per heavy atom. The van der Waals surface area contributed by atoms with Crippen LogP contribution < -0.4 is 5.32 Å². The van der Waals surface area contributed by atoms with Gasteiger partial charge in [0, 0.05) is 49.5 Å². The van der Waals surface area contributed by atoms with Gasteiger partial charge in [-0.25, -0.2) is 0 Å². The molecule has 1 saturated heterocycles. The first kappa shape index (κ1) is 16.2. The molecule has 6 heteroatoms. The van der Waals surface area contributed by atoms with Crippen LogP contribution in [0.4, 0.5) is 0 Å². The van der Waals surface area contributed by atoms with E-state index >= 15 is 0 Å². The van der Waals surface area contributed by atoms with Crippen molar-refractivity contribution in [1.29, 1.82) is 0 Å². The van der Waals surface area contributed by atoms with E-state index in [9.17, 15) is 14.4 Å². The number of fused-ring (bicyclic) bond motifs is 1. The van der Waals surface area contributed by atoms with Gasteiger partial charge in [0.1, 0.15) is 0 Å². The molecule has 0 radical (unpaired) electrons. The minimum atomic E-state index is -0.145. The quantitative estimate of drug-likeness (QED) is 0.760. The van der Waals surface area contributed by atoms with Gasteiger partial charge in [-0.1, -0.05) is 18.2 Å². The van der Waals surface area contributed by atoms with Crippen LogP contribution in [0.2, 0.25) is 0 Å². The number of rotatable bonds is 7. The molecule has 126 valence electrons. The molecule has 1 aromatic carbocycles. The highest BCUT2D eigenvalue weighted by Gasteiger charge is 2.28. The molecule has 1 aliphatic heterocycles. The van der Waals surface area contributed by atoms with Crippen molar-refractivity contribution in [1.82, 2.24) is 15.2 Å². The third kappa shape index (κ3) is 3.64. The molecule has 1 aliphatic rings. The summed E-state index contributed by atoms with van der Waals surface area (Å²) in [6.45, 7) is 0.593. The minimum Gasteiger partial charge on any atom is -0.361 e. The lowest BCUT2D eigenvalue weighted by Crippen LogP contribution is -2.37. The van der Waals surface area contributed by atoms with Crippen LogP contribution in [0.1, 0.15) is 31.2 Å². The second-order valence-corrected chi connectivity index (χ2v) is 6.00.